The zero-order chi connectivity index (χ0) is 13.1. The quantitative estimate of drug-likeness (QED) is 0.877. The number of benzene rings is 1. The number of hydrogen-bond donors (Lipinski definition) is 1. The number of nitrogens with one attached hydrogen (secondary N) is 1. The van der Waals surface area contributed by atoms with Crippen molar-refractivity contribution < 1.29 is 0 Å². The Morgan fingerprint density at radius 1 is 1.11 bits per heavy atom. The topological polar surface area (TPSA) is 15.3 Å². The summed E-state index contributed by atoms with van der Waals surface area (Å²) in [5, 5.41) is 3.45. The van der Waals surface area contributed by atoms with E-state index in [0.717, 1.165) is 18.4 Å². The molecule has 0 saturated carbocycles. The molecule has 0 aromatic heterocycles. The Kier molecular flexibility index (Phi) is 4.28. The third-order valence-electron chi connectivity index (χ3n) is 4.00. The van der Waals surface area contributed by atoms with Crippen molar-refractivity contribution in [3.8, 4) is 0 Å². The van der Waals surface area contributed by atoms with E-state index in [1.54, 1.807) is 0 Å². The second-order valence-corrected chi connectivity index (χ2v) is 6.06. The molecule has 0 aliphatic carbocycles. The minimum Gasteiger partial charge on any atom is -0.371 e. The summed E-state index contributed by atoms with van der Waals surface area (Å²) < 4.78 is 0. The molecular formula is C16H26N2. The van der Waals surface area contributed by atoms with Crippen molar-refractivity contribution in [2.24, 2.45) is 11.8 Å². The summed E-state index contributed by atoms with van der Waals surface area (Å²) in [7, 11) is 0. The van der Waals surface area contributed by atoms with E-state index in [9.17, 15) is 0 Å². The number of rotatable bonds is 4. The fourth-order valence-electron chi connectivity index (χ4n) is 2.49. The van der Waals surface area contributed by atoms with Gasteiger partial charge in [-0.2, -0.15) is 0 Å². The van der Waals surface area contributed by atoms with Gasteiger partial charge in [0.2, 0.25) is 0 Å². The van der Waals surface area contributed by atoms with Gasteiger partial charge in [0, 0.05) is 31.4 Å². The van der Waals surface area contributed by atoms with Gasteiger partial charge in [0.15, 0.2) is 0 Å². The van der Waals surface area contributed by atoms with Crippen LogP contribution in [0.3, 0.4) is 0 Å². The normalized spacial score (nSPS) is 23.9. The first kappa shape index (κ1) is 13.4. The highest BCUT2D eigenvalue weighted by Gasteiger charge is 2.25. The van der Waals surface area contributed by atoms with Gasteiger partial charge in [-0.3, -0.25) is 0 Å². The Morgan fingerprint density at radius 2 is 1.67 bits per heavy atom. The predicted molar refractivity (Wildman–Crippen MR) is 79.0 cm³/mol. The highest BCUT2D eigenvalue weighted by Crippen LogP contribution is 2.27. The Bertz CT molecular complexity index is 359. The molecule has 1 fully saturated rings. The van der Waals surface area contributed by atoms with Crippen LogP contribution in [0.2, 0.25) is 0 Å². The Labute approximate surface area is 111 Å². The maximum atomic E-state index is 3.45. The summed E-state index contributed by atoms with van der Waals surface area (Å²) in [6, 6.07) is 9.57. The molecule has 0 spiro atoms. The van der Waals surface area contributed by atoms with Crippen LogP contribution < -0.4 is 10.2 Å². The molecular weight excluding hydrogens is 220 g/mol. The van der Waals surface area contributed by atoms with E-state index >= 15 is 0 Å². The van der Waals surface area contributed by atoms with Crippen LogP contribution in [0.1, 0.15) is 33.3 Å². The molecule has 2 heteroatoms. The van der Waals surface area contributed by atoms with Gasteiger partial charge in [0.05, 0.1) is 0 Å². The van der Waals surface area contributed by atoms with Gasteiger partial charge in [0.1, 0.15) is 0 Å². The van der Waals surface area contributed by atoms with Gasteiger partial charge in [-0.25, -0.2) is 0 Å². The summed E-state index contributed by atoms with van der Waals surface area (Å²) in [4.78, 5) is 2.51. The molecule has 1 aromatic rings. The fraction of sp³-hybridized carbons (Fsp3) is 0.625. The molecule has 1 saturated heterocycles. The molecule has 0 amide bonds. The molecule has 18 heavy (non-hydrogen) atoms. The Morgan fingerprint density at radius 3 is 2.17 bits per heavy atom. The van der Waals surface area contributed by atoms with Gasteiger partial charge in [-0.1, -0.05) is 39.8 Å². The Hall–Kier alpha value is -1.02. The van der Waals surface area contributed by atoms with Crippen molar-refractivity contribution >= 4 is 5.69 Å². The smallest absolute Gasteiger partial charge is 0.0366 e. The van der Waals surface area contributed by atoms with E-state index in [2.05, 4.69) is 62.2 Å². The van der Waals surface area contributed by atoms with Crippen molar-refractivity contribution in [2.75, 3.05) is 18.0 Å². The molecule has 0 bridgehead atoms. The van der Waals surface area contributed by atoms with Crippen LogP contribution in [-0.2, 0) is 6.54 Å². The first-order valence-electron chi connectivity index (χ1n) is 7.13. The molecule has 1 aliphatic heterocycles. The average molecular weight is 246 g/mol. The zero-order valence-corrected chi connectivity index (χ0v) is 12.1. The molecule has 1 N–H and O–H groups in total. The molecule has 1 heterocycles. The lowest BCUT2D eigenvalue weighted by molar-refractivity contribution is 0.494. The summed E-state index contributed by atoms with van der Waals surface area (Å²) >= 11 is 0. The second kappa shape index (κ2) is 5.75. The minimum absolute atomic E-state index is 0.546. The number of nitrogens with zero attached hydrogens (tertiary/aromatic N) is 1. The number of anilines is 1. The van der Waals surface area contributed by atoms with E-state index in [1.807, 2.05) is 0 Å². The van der Waals surface area contributed by atoms with Gasteiger partial charge in [-0.15, -0.1) is 0 Å². The van der Waals surface area contributed by atoms with Gasteiger partial charge >= 0.3 is 0 Å². The van der Waals surface area contributed by atoms with Gasteiger partial charge in [0.25, 0.3) is 0 Å². The monoisotopic (exact) mass is 246 g/mol. The number of hydrogen-bond acceptors (Lipinski definition) is 2. The van der Waals surface area contributed by atoms with Crippen molar-refractivity contribution in [3.63, 3.8) is 0 Å². The van der Waals surface area contributed by atoms with Crippen molar-refractivity contribution in [2.45, 2.75) is 40.3 Å². The van der Waals surface area contributed by atoms with Crippen molar-refractivity contribution in [1.29, 1.82) is 0 Å². The lowest BCUT2D eigenvalue weighted by Crippen LogP contribution is -2.22. The van der Waals surface area contributed by atoms with Crippen LogP contribution in [0, 0.1) is 11.8 Å². The van der Waals surface area contributed by atoms with Crippen LogP contribution in [0.5, 0.6) is 0 Å². The van der Waals surface area contributed by atoms with Crippen molar-refractivity contribution in [3.05, 3.63) is 29.8 Å². The predicted octanol–water partition coefficient (Wildman–Crippen LogP) is 3.28. The zero-order valence-electron chi connectivity index (χ0n) is 12.1. The first-order valence-corrected chi connectivity index (χ1v) is 7.13. The van der Waals surface area contributed by atoms with E-state index in [0.29, 0.717) is 6.04 Å². The Balaban J connectivity index is 1.95. The van der Waals surface area contributed by atoms with Gasteiger partial charge in [-0.05, 0) is 29.5 Å². The SMILES string of the molecule is CC(C)NCc1ccc(N2CC(C)C(C)C2)cc1. The largest absolute Gasteiger partial charge is 0.371 e. The summed E-state index contributed by atoms with van der Waals surface area (Å²) in [5.41, 5.74) is 2.74. The van der Waals surface area contributed by atoms with E-state index in [1.165, 1.54) is 24.3 Å². The van der Waals surface area contributed by atoms with Crippen LogP contribution >= 0.6 is 0 Å². The highest BCUT2D eigenvalue weighted by molar-refractivity contribution is 5.48. The van der Waals surface area contributed by atoms with Crippen LogP contribution in [0.15, 0.2) is 24.3 Å². The van der Waals surface area contributed by atoms with E-state index in [-0.39, 0.29) is 0 Å². The minimum atomic E-state index is 0.546. The maximum absolute atomic E-state index is 3.45. The maximum Gasteiger partial charge on any atom is 0.0366 e. The standard InChI is InChI=1S/C16H26N2/c1-12(2)17-9-15-5-7-16(8-6-15)18-10-13(3)14(4)11-18/h5-8,12-14,17H,9-11H2,1-4H3. The molecule has 2 unspecified atom stereocenters. The summed E-state index contributed by atoms with van der Waals surface area (Å²) in [5.74, 6) is 1.62. The first-order chi connectivity index (χ1) is 8.56. The molecule has 100 valence electrons. The second-order valence-electron chi connectivity index (χ2n) is 6.06. The molecule has 2 rings (SSSR count). The molecule has 1 aromatic carbocycles. The van der Waals surface area contributed by atoms with E-state index < -0.39 is 0 Å². The highest BCUT2D eigenvalue weighted by atomic mass is 15.2. The molecule has 1 aliphatic rings. The third kappa shape index (κ3) is 3.26. The average Bonchev–Trinajstić information content (AvgIpc) is 2.68. The lowest BCUT2D eigenvalue weighted by atomic mass is 10.0. The molecule has 2 nitrogen and oxygen atoms in total. The molecule has 2 atom stereocenters. The summed E-state index contributed by atoms with van der Waals surface area (Å²) in [6.45, 7) is 12.4. The third-order valence-corrected chi connectivity index (χ3v) is 4.00. The lowest BCUT2D eigenvalue weighted by Gasteiger charge is -2.19. The summed E-state index contributed by atoms with van der Waals surface area (Å²) in [6.07, 6.45) is 0. The van der Waals surface area contributed by atoms with Crippen LogP contribution in [-0.4, -0.2) is 19.1 Å². The van der Waals surface area contributed by atoms with E-state index in [4.69, 9.17) is 0 Å². The molecule has 0 radical (unpaired) electrons. The van der Waals surface area contributed by atoms with Crippen molar-refractivity contribution in [1.82, 2.24) is 5.32 Å². The van der Waals surface area contributed by atoms with Crippen LogP contribution in [0.4, 0.5) is 5.69 Å². The van der Waals surface area contributed by atoms with Crippen LogP contribution in [0.25, 0.3) is 0 Å². The van der Waals surface area contributed by atoms with Gasteiger partial charge < -0.3 is 10.2 Å². The fourth-order valence-corrected chi connectivity index (χ4v) is 2.49.